The molecule has 0 radical (unpaired) electrons. The number of aromatic amines is 1. The average Bonchev–Trinajstić information content (AvgIpc) is 2.80. The lowest BCUT2D eigenvalue weighted by Crippen LogP contribution is -2.14. The number of hydrogen-bond acceptors (Lipinski definition) is 5. The first-order chi connectivity index (χ1) is 10.0. The van der Waals surface area contributed by atoms with E-state index in [4.69, 9.17) is 11.6 Å². The van der Waals surface area contributed by atoms with Gasteiger partial charge in [0.05, 0.1) is 22.2 Å². The van der Waals surface area contributed by atoms with Gasteiger partial charge in [0, 0.05) is 0 Å². The minimum atomic E-state index is -0.671. The van der Waals surface area contributed by atoms with Gasteiger partial charge in [-0.05, 0) is 17.1 Å². The Morgan fingerprint density at radius 3 is 2.86 bits per heavy atom. The van der Waals surface area contributed by atoms with Gasteiger partial charge in [0.1, 0.15) is 12.4 Å². The molecular formula is C12H8ClN5O3. The molecule has 0 fully saturated rings. The lowest BCUT2D eigenvalue weighted by molar-refractivity contribution is -0.389. The van der Waals surface area contributed by atoms with E-state index in [1.165, 1.54) is 10.9 Å². The summed E-state index contributed by atoms with van der Waals surface area (Å²) in [5.74, 6) is -0.0902. The van der Waals surface area contributed by atoms with Gasteiger partial charge in [-0.15, -0.1) is 0 Å². The Morgan fingerprint density at radius 2 is 2.14 bits per heavy atom. The molecule has 0 atom stereocenters. The van der Waals surface area contributed by atoms with Crippen molar-refractivity contribution in [3.05, 3.63) is 61.8 Å². The first-order valence-electron chi connectivity index (χ1n) is 5.90. The Bertz CT molecular complexity index is 901. The maximum absolute atomic E-state index is 11.9. The Kier molecular flexibility index (Phi) is 3.15. The maximum atomic E-state index is 11.9. The molecule has 0 saturated carbocycles. The molecule has 2 heterocycles. The summed E-state index contributed by atoms with van der Waals surface area (Å²) in [5, 5.41) is 14.8. The molecule has 1 N–H and O–H groups in total. The van der Waals surface area contributed by atoms with Gasteiger partial charge in [0.15, 0.2) is 5.02 Å². The van der Waals surface area contributed by atoms with E-state index in [9.17, 15) is 14.9 Å². The van der Waals surface area contributed by atoms with Gasteiger partial charge < -0.3 is 15.1 Å². The third-order valence-corrected chi connectivity index (χ3v) is 3.11. The number of benzene rings is 1. The lowest BCUT2D eigenvalue weighted by Gasteiger charge is -2.00. The van der Waals surface area contributed by atoms with Crippen molar-refractivity contribution in [1.82, 2.24) is 19.7 Å². The van der Waals surface area contributed by atoms with E-state index in [1.54, 1.807) is 24.3 Å². The van der Waals surface area contributed by atoms with Crippen molar-refractivity contribution < 1.29 is 4.92 Å². The van der Waals surface area contributed by atoms with E-state index in [2.05, 4.69) is 15.1 Å². The fraction of sp³-hybridized carbons (Fsp3) is 0.0833. The molecule has 9 heteroatoms. The van der Waals surface area contributed by atoms with E-state index < -0.39 is 10.7 Å². The second kappa shape index (κ2) is 4.98. The molecule has 1 aromatic carbocycles. The molecule has 8 nitrogen and oxygen atoms in total. The zero-order valence-electron chi connectivity index (χ0n) is 10.5. The third kappa shape index (κ3) is 2.48. The van der Waals surface area contributed by atoms with Crippen LogP contribution in [0.4, 0.5) is 5.82 Å². The molecule has 21 heavy (non-hydrogen) atoms. The number of H-pyrrole nitrogens is 1. The Balaban J connectivity index is 2.00. The molecule has 0 unspecified atom stereocenters. The summed E-state index contributed by atoms with van der Waals surface area (Å²) >= 11 is 5.72. The van der Waals surface area contributed by atoms with Gasteiger partial charge in [-0.1, -0.05) is 23.7 Å². The number of hydrogen-bond donors (Lipinski definition) is 1. The summed E-state index contributed by atoms with van der Waals surface area (Å²) in [6, 6.07) is 6.90. The smallest absolute Gasteiger partial charge is 0.358 e. The van der Waals surface area contributed by atoms with Gasteiger partial charge in [-0.25, -0.2) is 4.98 Å². The number of para-hydroxylation sites is 1. The molecule has 0 aliphatic rings. The molecule has 3 rings (SSSR count). The number of aromatic nitrogens is 4. The van der Waals surface area contributed by atoms with Crippen molar-refractivity contribution in [2.45, 2.75) is 6.54 Å². The summed E-state index contributed by atoms with van der Waals surface area (Å²) in [7, 11) is 0. The van der Waals surface area contributed by atoms with E-state index in [-0.39, 0.29) is 17.1 Å². The minimum Gasteiger partial charge on any atom is -0.358 e. The van der Waals surface area contributed by atoms with Crippen LogP contribution in [0, 0.1) is 10.1 Å². The predicted octanol–water partition coefficient (Wildman–Crippen LogP) is 1.73. The highest BCUT2D eigenvalue weighted by Crippen LogP contribution is 2.21. The van der Waals surface area contributed by atoms with Crippen LogP contribution in [0.1, 0.15) is 5.82 Å². The monoisotopic (exact) mass is 305 g/mol. The van der Waals surface area contributed by atoms with E-state index in [0.717, 1.165) is 0 Å². The largest absolute Gasteiger partial charge is 0.408 e. The van der Waals surface area contributed by atoms with Gasteiger partial charge >= 0.3 is 5.82 Å². The quantitative estimate of drug-likeness (QED) is 0.585. The van der Waals surface area contributed by atoms with Crippen LogP contribution in [0.2, 0.25) is 5.02 Å². The van der Waals surface area contributed by atoms with E-state index in [0.29, 0.717) is 16.7 Å². The second-order valence-electron chi connectivity index (χ2n) is 4.29. The van der Waals surface area contributed by atoms with E-state index >= 15 is 0 Å². The first-order valence-corrected chi connectivity index (χ1v) is 6.27. The van der Waals surface area contributed by atoms with Gasteiger partial charge in [-0.2, -0.15) is 4.68 Å². The number of nitro groups is 1. The number of rotatable bonds is 3. The van der Waals surface area contributed by atoms with Crippen LogP contribution < -0.4 is 5.56 Å². The lowest BCUT2D eigenvalue weighted by atomic mass is 10.2. The molecular weight excluding hydrogens is 298 g/mol. The normalized spacial score (nSPS) is 10.9. The summed E-state index contributed by atoms with van der Waals surface area (Å²) in [6.07, 6.45) is 1.31. The summed E-state index contributed by atoms with van der Waals surface area (Å²) < 4.78 is 1.26. The molecule has 0 aliphatic carbocycles. The molecule has 3 aromatic rings. The molecule has 2 aromatic heterocycles. The molecule has 0 spiro atoms. The average molecular weight is 306 g/mol. The zero-order chi connectivity index (χ0) is 15.0. The van der Waals surface area contributed by atoms with Crippen molar-refractivity contribution in [1.29, 1.82) is 0 Å². The summed E-state index contributed by atoms with van der Waals surface area (Å²) in [4.78, 5) is 28.8. The Morgan fingerprint density at radius 1 is 1.38 bits per heavy atom. The highest BCUT2D eigenvalue weighted by Gasteiger charge is 2.19. The van der Waals surface area contributed by atoms with Crippen LogP contribution in [-0.4, -0.2) is 24.7 Å². The highest BCUT2D eigenvalue weighted by atomic mass is 35.5. The first kappa shape index (κ1) is 13.3. The van der Waals surface area contributed by atoms with Crippen molar-refractivity contribution in [3.63, 3.8) is 0 Å². The molecule has 106 valence electrons. The van der Waals surface area contributed by atoms with Crippen LogP contribution in [0.15, 0.2) is 35.3 Å². The minimum absolute atomic E-state index is 0.0665. The zero-order valence-corrected chi connectivity index (χ0v) is 11.2. The van der Waals surface area contributed by atoms with Crippen LogP contribution in [-0.2, 0) is 6.54 Å². The van der Waals surface area contributed by atoms with Crippen molar-refractivity contribution in [3.8, 4) is 0 Å². The second-order valence-corrected chi connectivity index (χ2v) is 4.69. The maximum Gasteiger partial charge on any atom is 0.408 e. The van der Waals surface area contributed by atoms with Crippen LogP contribution in [0.3, 0.4) is 0 Å². The fourth-order valence-electron chi connectivity index (χ4n) is 1.95. The number of nitrogens with one attached hydrogen (secondary N) is 1. The number of fused-ring (bicyclic) bond motifs is 1. The topological polar surface area (TPSA) is 107 Å². The molecule has 0 bridgehead atoms. The van der Waals surface area contributed by atoms with E-state index in [1.807, 2.05) is 0 Å². The fourth-order valence-corrected chi connectivity index (χ4v) is 2.17. The standard InChI is InChI=1S/C12H8ClN5O3/c13-8-5-17(16-11(8)18(20)21)6-10-14-9-4-2-1-3-7(9)12(19)15-10/h1-5H,6H2,(H,14,15,19). The molecule has 0 saturated heterocycles. The SMILES string of the molecule is O=c1[nH]c(Cn2cc(Cl)c([N+](=O)[O-])n2)nc2ccccc12. The number of nitrogens with zero attached hydrogens (tertiary/aromatic N) is 4. The van der Waals surface area contributed by atoms with Crippen LogP contribution in [0.5, 0.6) is 0 Å². The van der Waals surface area contributed by atoms with Crippen LogP contribution >= 0.6 is 11.6 Å². The number of halogens is 1. The Hall–Kier alpha value is -2.74. The summed E-state index contributed by atoms with van der Waals surface area (Å²) in [6.45, 7) is 0.0770. The van der Waals surface area contributed by atoms with Gasteiger partial charge in [0.2, 0.25) is 0 Å². The van der Waals surface area contributed by atoms with Crippen molar-refractivity contribution in [2.24, 2.45) is 0 Å². The van der Waals surface area contributed by atoms with Gasteiger partial charge in [-0.3, -0.25) is 4.79 Å². The van der Waals surface area contributed by atoms with Crippen LogP contribution in [0.25, 0.3) is 10.9 Å². The predicted molar refractivity (Wildman–Crippen MR) is 75.4 cm³/mol. The van der Waals surface area contributed by atoms with Crippen molar-refractivity contribution >= 4 is 28.3 Å². The molecule has 0 amide bonds. The summed E-state index contributed by atoms with van der Waals surface area (Å²) in [5.41, 5.74) is 0.271. The van der Waals surface area contributed by atoms with Gasteiger partial charge in [0.25, 0.3) is 5.56 Å². The molecule has 0 aliphatic heterocycles. The Labute approximate surface area is 122 Å². The van der Waals surface area contributed by atoms with Crippen molar-refractivity contribution in [2.75, 3.05) is 0 Å². The third-order valence-electron chi connectivity index (χ3n) is 2.85. The highest BCUT2D eigenvalue weighted by molar-refractivity contribution is 6.32.